The second-order valence-electron chi connectivity index (χ2n) is 7.12. The molecule has 1 saturated heterocycles. The molecule has 1 N–H and O–H groups in total. The van der Waals surface area contributed by atoms with Crippen LogP contribution in [0.15, 0.2) is 0 Å². The first-order valence-electron chi connectivity index (χ1n) is 7.59. The van der Waals surface area contributed by atoms with E-state index in [2.05, 4.69) is 31.0 Å². The van der Waals surface area contributed by atoms with E-state index in [0.717, 1.165) is 23.9 Å². The molecule has 2 aliphatic carbocycles. The highest BCUT2D eigenvalue weighted by Crippen LogP contribution is 2.42. The van der Waals surface area contributed by atoms with E-state index < -0.39 is 0 Å². The summed E-state index contributed by atoms with van der Waals surface area (Å²) in [5.41, 5.74) is 0.407. The first-order chi connectivity index (χ1) is 8.08. The van der Waals surface area contributed by atoms with Crippen LogP contribution in [0.3, 0.4) is 0 Å². The topological polar surface area (TPSA) is 15.3 Å². The molecule has 3 rings (SSSR count). The van der Waals surface area contributed by atoms with Gasteiger partial charge in [0.15, 0.2) is 0 Å². The summed E-state index contributed by atoms with van der Waals surface area (Å²) in [6.45, 7) is 9.75. The summed E-state index contributed by atoms with van der Waals surface area (Å²) in [6, 6.07) is 1.51. The molecule has 3 aliphatic rings. The van der Waals surface area contributed by atoms with Crippen LogP contribution in [0.5, 0.6) is 0 Å². The zero-order chi connectivity index (χ0) is 12.0. The van der Waals surface area contributed by atoms with Crippen LogP contribution in [0.25, 0.3) is 0 Å². The lowest BCUT2D eigenvalue weighted by Gasteiger charge is -2.48. The predicted octanol–water partition coefficient (Wildman–Crippen LogP) is 2.64. The molecular formula is C15H28N2. The van der Waals surface area contributed by atoms with Gasteiger partial charge in [0.05, 0.1) is 0 Å². The van der Waals surface area contributed by atoms with Crippen molar-refractivity contribution in [3.63, 3.8) is 0 Å². The number of nitrogens with one attached hydrogen (secondary N) is 1. The summed E-state index contributed by atoms with van der Waals surface area (Å²) in [4.78, 5) is 2.78. The molecule has 3 atom stereocenters. The molecule has 0 bridgehead atoms. The fourth-order valence-corrected chi connectivity index (χ4v) is 3.64. The molecule has 98 valence electrons. The molecular weight excluding hydrogens is 208 g/mol. The second kappa shape index (κ2) is 4.24. The lowest BCUT2D eigenvalue weighted by atomic mass is 9.89. The van der Waals surface area contributed by atoms with Crippen LogP contribution in [-0.2, 0) is 0 Å². The van der Waals surface area contributed by atoms with E-state index in [1.807, 2.05) is 0 Å². The smallest absolute Gasteiger partial charge is 0.0309 e. The largest absolute Gasteiger partial charge is 0.308 e. The highest BCUT2D eigenvalue weighted by Gasteiger charge is 2.46. The summed E-state index contributed by atoms with van der Waals surface area (Å²) in [5, 5.41) is 3.82. The van der Waals surface area contributed by atoms with Crippen molar-refractivity contribution in [3.8, 4) is 0 Å². The van der Waals surface area contributed by atoms with E-state index >= 15 is 0 Å². The molecule has 3 fully saturated rings. The quantitative estimate of drug-likeness (QED) is 0.807. The maximum Gasteiger partial charge on any atom is 0.0309 e. The molecule has 2 nitrogen and oxygen atoms in total. The monoisotopic (exact) mass is 236 g/mol. The van der Waals surface area contributed by atoms with Crippen LogP contribution in [0, 0.1) is 11.8 Å². The minimum atomic E-state index is 0.407. The molecule has 2 heteroatoms. The Hall–Kier alpha value is -0.0800. The van der Waals surface area contributed by atoms with Crippen LogP contribution in [0.1, 0.15) is 52.9 Å². The molecule has 0 aromatic heterocycles. The van der Waals surface area contributed by atoms with Gasteiger partial charge < -0.3 is 5.32 Å². The minimum absolute atomic E-state index is 0.407. The molecule has 2 saturated carbocycles. The molecule has 17 heavy (non-hydrogen) atoms. The number of hydrogen-bond donors (Lipinski definition) is 1. The van der Waals surface area contributed by atoms with Crippen molar-refractivity contribution in [2.45, 2.75) is 70.5 Å². The normalized spacial score (nSPS) is 41.5. The maximum absolute atomic E-state index is 3.82. The van der Waals surface area contributed by atoms with Gasteiger partial charge in [-0.3, -0.25) is 4.90 Å². The molecule has 0 radical (unpaired) electrons. The molecule has 3 unspecified atom stereocenters. The van der Waals surface area contributed by atoms with Crippen molar-refractivity contribution < 1.29 is 0 Å². The van der Waals surface area contributed by atoms with E-state index in [-0.39, 0.29) is 0 Å². The van der Waals surface area contributed by atoms with Crippen molar-refractivity contribution in [3.05, 3.63) is 0 Å². The zero-order valence-corrected chi connectivity index (χ0v) is 11.7. The van der Waals surface area contributed by atoms with Gasteiger partial charge in [-0.25, -0.2) is 0 Å². The van der Waals surface area contributed by atoms with Gasteiger partial charge in [0.2, 0.25) is 0 Å². The Morgan fingerprint density at radius 1 is 1.29 bits per heavy atom. The Bertz CT molecular complexity index is 283. The van der Waals surface area contributed by atoms with Gasteiger partial charge in [-0.05, 0) is 51.9 Å². The number of nitrogens with zero attached hydrogens (tertiary/aromatic N) is 1. The Labute approximate surface area is 106 Å². The Morgan fingerprint density at radius 2 is 2.00 bits per heavy atom. The Kier molecular flexibility index (Phi) is 2.99. The molecule has 1 heterocycles. The molecule has 1 aliphatic heterocycles. The Balaban J connectivity index is 1.63. The number of rotatable bonds is 4. The first kappa shape index (κ1) is 12.0. The molecule has 0 amide bonds. The summed E-state index contributed by atoms with van der Waals surface area (Å²) in [5.74, 6) is 2.00. The molecule has 0 spiro atoms. The van der Waals surface area contributed by atoms with Gasteiger partial charge in [-0.1, -0.05) is 12.8 Å². The van der Waals surface area contributed by atoms with E-state index in [0.29, 0.717) is 5.54 Å². The van der Waals surface area contributed by atoms with Gasteiger partial charge in [-0.2, -0.15) is 0 Å². The Morgan fingerprint density at radius 3 is 2.59 bits per heavy atom. The van der Waals surface area contributed by atoms with Crippen molar-refractivity contribution in [2.24, 2.45) is 11.8 Å². The van der Waals surface area contributed by atoms with E-state index in [1.54, 1.807) is 0 Å². The SMILES string of the molecule is CC1CNC(C)(C2CC2)CN1C(C)CC1CC1. The summed E-state index contributed by atoms with van der Waals surface area (Å²) >= 11 is 0. The summed E-state index contributed by atoms with van der Waals surface area (Å²) in [6.07, 6.45) is 7.31. The van der Waals surface area contributed by atoms with Crippen LogP contribution in [-0.4, -0.2) is 35.6 Å². The fourth-order valence-electron chi connectivity index (χ4n) is 3.64. The highest BCUT2D eigenvalue weighted by atomic mass is 15.3. The third kappa shape index (κ3) is 2.53. The van der Waals surface area contributed by atoms with Gasteiger partial charge >= 0.3 is 0 Å². The predicted molar refractivity (Wildman–Crippen MR) is 72.1 cm³/mol. The highest BCUT2D eigenvalue weighted by molar-refractivity contribution is 5.04. The molecule has 0 aromatic carbocycles. The van der Waals surface area contributed by atoms with Gasteiger partial charge in [0.25, 0.3) is 0 Å². The van der Waals surface area contributed by atoms with Gasteiger partial charge in [0, 0.05) is 30.7 Å². The van der Waals surface area contributed by atoms with E-state index in [4.69, 9.17) is 0 Å². The first-order valence-corrected chi connectivity index (χ1v) is 7.59. The fraction of sp³-hybridized carbons (Fsp3) is 1.00. The standard InChI is InChI=1S/C15H28N2/c1-11(8-13-4-5-13)17-10-15(3,14-6-7-14)16-9-12(17)2/h11-14,16H,4-10H2,1-3H3. The van der Waals surface area contributed by atoms with E-state index in [1.165, 1.54) is 45.2 Å². The van der Waals surface area contributed by atoms with Crippen molar-refractivity contribution in [1.29, 1.82) is 0 Å². The molecule has 0 aromatic rings. The number of piperazine rings is 1. The zero-order valence-electron chi connectivity index (χ0n) is 11.7. The minimum Gasteiger partial charge on any atom is -0.308 e. The lowest BCUT2D eigenvalue weighted by molar-refractivity contribution is 0.0472. The average Bonchev–Trinajstić information content (AvgIpc) is 3.14. The van der Waals surface area contributed by atoms with Crippen LogP contribution >= 0.6 is 0 Å². The maximum atomic E-state index is 3.82. The van der Waals surface area contributed by atoms with Gasteiger partial charge in [-0.15, -0.1) is 0 Å². The van der Waals surface area contributed by atoms with Crippen molar-refractivity contribution in [1.82, 2.24) is 10.2 Å². The van der Waals surface area contributed by atoms with Crippen molar-refractivity contribution >= 4 is 0 Å². The van der Waals surface area contributed by atoms with E-state index in [9.17, 15) is 0 Å². The third-order valence-electron chi connectivity index (χ3n) is 5.29. The average molecular weight is 236 g/mol. The summed E-state index contributed by atoms with van der Waals surface area (Å²) in [7, 11) is 0. The lowest BCUT2D eigenvalue weighted by Crippen LogP contribution is -2.64. The summed E-state index contributed by atoms with van der Waals surface area (Å²) < 4.78 is 0. The number of hydrogen-bond acceptors (Lipinski definition) is 2. The van der Waals surface area contributed by atoms with Gasteiger partial charge in [0.1, 0.15) is 0 Å². The second-order valence-corrected chi connectivity index (χ2v) is 7.12. The van der Waals surface area contributed by atoms with Crippen LogP contribution in [0.2, 0.25) is 0 Å². The van der Waals surface area contributed by atoms with Crippen LogP contribution < -0.4 is 5.32 Å². The van der Waals surface area contributed by atoms with Crippen molar-refractivity contribution in [2.75, 3.05) is 13.1 Å². The van der Waals surface area contributed by atoms with Crippen LogP contribution in [0.4, 0.5) is 0 Å². The third-order valence-corrected chi connectivity index (χ3v) is 5.29.